The van der Waals surface area contributed by atoms with Crippen LogP contribution >= 0.6 is 43.2 Å². The summed E-state index contributed by atoms with van der Waals surface area (Å²) in [4.78, 5) is 71.7. The number of carbonyl (C=O) groups is 4. The standard InChI is InChI=1S/C38H34N8O6S4.C26H22N4O6S4/c1-23-21-24(2)40-37(39-23)45-55(49,50)29-17-13-27(14-18-29)43-35(47)31-9-5-7-11-33(31)53-54-34-12-8-6-10-32(34)36(48)44-28-15-19-30(20-16-28)56(51,52)46-38-41-25(3)22-26(4)42-38;27-39(33,34)19-13-9-17(10-14-19)29-25(31)21-5-1-3-7-23(21)37-38-24-8-4-2-6-22(24)26(32)30-18-11-15-20(16-12-18)40(28,35)36/h5-22H,1-4H3,(H,43,47)(H,44,48)(H,39,40,45)(H,41,42,46);1-16H,(H,29,31)(H,30,32)(H2,27,33,34)(H2,28,35,36). The van der Waals surface area contributed by atoms with Crippen LogP contribution in [0.2, 0.25) is 0 Å². The van der Waals surface area contributed by atoms with E-state index in [0.29, 0.717) is 87.4 Å². The molecule has 4 amide bonds. The molecule has 0 atom stereocenters. The first-order valence-corrected chi connectivity index (χ1v) is 38.4. The normalized spacial score (nSPS) is 11.5. The number of nitrogens with zero attached hydrogens (tertiary/aromatic N) is 4. The Bertz CT molecular complexity index is 4700. The van der Waals surface area contributed by atoms with Crippen LogP contribution in [0.1, 0.15) is 64.2 Å². The lowest BCUT2D eigenvalue weighted by molar-refractivity contribution is 0.101. The molecular formula is C64H56N12O12S8. The van der Waals surface area contributed by atoms with E-state index >= 15 is 0 Å². The first kappa shape index (κ1) is 70.8. The van der Waals surface area contributed by atoms with E-state index in [1.807, 2.05) is 0 Å². The van der Waals surface area contributed by atoms with Crippen molar-refractivity contribution in [2.75, 3.05) is 30.7 Å². The van der Waals surface area contributed by atoms with Gasteiger partial charge in [0.15, 0.2) is 0 Å². The molecule has 10 aromatic rings. The van der Waals surface area contributed by atoms with Crippen molar-refractivity contribution in [1.29, 1.82) is 0 Å². The van der Waals surface area contributed by atoms with Crippen molar-refractivity contribution < 1.29 is 52.8 Å². The lowest BCUT2D eigenvalue weighted by atomic mass is 10.2. The van der Waals surface area contributed by atoms with Gasteiger partial charge in [-0.2, -0.15) is 0 Å². The van der Waals surface area contributed by atoms with Crippen molar-refractivity contribution in [2.24, 2.45) is 10.3 Å². The monoisotopic (exact) mass is 1440 g/mol. The van der Waals surface area contributed by atoms with Crippen molar-refractivity contribution in [1.82, 2.24) is 19.9 Å². The van der Waals surface area contributed by atoms with Crippen LogP contribution in [0.4, 0.5) is 34.6 Å². The van der Waals surface area contributed by atoms with Crippen molar-refractivity contribution in [3.8, 4) is 0 Å². The lowest BCUT2D eigenvalue weighted by Crippen LogP contribution is -2.16. The van der Waals surface area contributed by atoms with Crippen molar-refractivity contribution >= 4 is 142 Å². The molecule has 8 aromatic carbocycles. The molecule has 96 heavy (non-hydrogen) atoms. The highest BCUT2D eigenvalue weighted by molar-refractivity contribution is 8.77. The van der Waals surface area contributed by atoms with Gasteiger partial charge in [-0.25, -0.2) is 73.3 Å². The van der Waals surface area contributed by atoms with Gasteiger partial charge >= 0.3 is 0 Å². The average Bonchev–Trinajstić information content (AvgIpc) is 0.859. The van der Waals surface area contributed by atoms with Crippen LogP contribution in [-0.2, 0) is 40.1 Å². The second kappa shape index (κ2) is 30.9. The Kier molecular flexibility index (Phi) is 22.8. The number of aryl methyl sites for hydroxylation is 4. The van der Waals surface area contributed by atoms with Gasteiger partial charge in [-0.3, -0.25) is 19.2 Å². The van der Waals surface area contributed by atoms with Crippen LogP contribution in [0, 0.1) is 27.7 Å². The summed E-state index contributed by atoms with van der Waals surface area (Å²) in [7, 11) is -10.5. The first-order chi connectivity index (χ1) is 45.6. The summed E-state index contributed by atoms with van der Waals surface area (Å²) in [5, 5.41) is 21.3. The van der Waals surface area contributed by atoms with E-state index in [-0.39, 0.29) is 31.5 Å². The number of nitrogens with two attached hydrogens (primary N) is 2. The van der Waals surface area contributed by atoms with Gasteiger partial charge in [0.25, 0.3) is 43.7 Å². The minimum atomic E-state index is -3.98. The first-order valence-electron chi connectivity index (χ1n) is 28.0. The molecule has 2 aromatic heterocycles. The smallest absolute Gasteiger partial charge is 0.264 e. The third-order valence-corrected chi connectivity index (χ3v) is 22.6. The molecule has 0 saturated heterocycles. The molecule has 10 N–H and O–H groups in total. The van der Waals surface area contributed by atoms with Crippen LogP contribution < -0.4 is 41.0 Å². The van der Waals surface area contributed by atoms with Gasteiger partial charge < -0.3 is 21.3 Å². The number of benzene rings is 8. The number of carbonyl (C=O) groups excluding carboxylic acids is 4. The predicted octanol–water partition coefficient (Wildman–Crippen LogP) is 11.7. The zero-order chi connectivity index (χ0) is 69.0. The topological polar surface area (TPSA) is 381 Å². The highest BCUT2D eigenvalue weighted by Crippen LogP contribution is 2.42. The van der Waals surface area contributed by atoms with Crippen LogP contribution in [0.25, 0.3) is 0 Å². The Balaban J connectivity index is 0.000000238. The highest BCUT2D eigenvalue weighted by atomic mass is 33.1. The lowest BCUT2D eigenvalue weighted by Gasteiger charge is -2.13. The average molecular weight is 1440 g/mol. The predicted molar refractivity (Wildman–Crippen MR) is 374 cm³/mol. The summed E-state index contributed by atoms with van der Waals surface area (Å²) in [5.41, 5.74) is 5.52. The summed E-state index contributed by atoms with van der Waals surface area (Å²) in [6, 6.07) is 53.6. The molecule has 0 unspecified atom stereocenters. The third-order valence-electron chi connectivity index (χ3n) is 13.1. The molecular weight excluding hydrogens is 1390 g/mol. The van der Waals surface area contributed by atoms with Gasteiger partial charge in [0.1, 0.15) is 0 Å². The number of aromatic nitrogens is 4. The quantitative estimate of drug-likeness (QED) is 0.0292. The van der Waals surface area contributed by atoms with E-state index in [1.54, 1.807) is 137 Å². The fraction of sp³-hybridized carbons (Fsp3) is 0.0625. The van der Waals surface area contributed by atoms with E-state index in [4.69, 9.17) is 10.3 Å². The maximum absolute atomic E-state index is 13.4. The highest BCUT2D eigenvalue weighted by Gasteiger charge is 2.22. The molecule has 0 spiro atoms. The molecule has 492 valence electrons. The third kappa shape index (κ3) is 19.4. The molecule has 0 radical (unpaired) electrons. The molecule has 0 saturated carbocycles. The second-order valence-electron chi connectivity index (χ2n) is 20.5. The Hall–Kier alpha value is -9.48. The van der Waals surface area contributed by atoms with Gasteiger partial charge in [0.05, 0.1) is 41.8 Å². The van der Waals surface area contributed by atoms with E-state index in [2.05, 4.69) is 50.6 Å². The van der Waals surface area contributed by atoms with Crippen LogP contribution in [0.5, 0.6) is 0 Å². The Morgan fingerprint density at radius 3 is 0.740 bits per heavy atom. The molecule has 0 fully saturated rings. The molecule has 24 nitrogen and oxygen atoms in total. The number of hydrogen-bond donors (Lipinski definition) is 8. The number of amides is 4. The van der Waals surface area contributed by atoms with Crippen LogP contribution in [-0.4, -0.2) is 77.2 Å². The van der Waals surface area contributed by atoms with Crippen molar-refractivity contribution in [3.05, 3.63) is 251 Å². The van der Waals surface area contributed by atoms with E-state index in [9.17, 15) is 52.8 Å². The van der Waals surface area contributed by atoms with Gasteiger partial charge in [-0.1, -0.05) is 91.7 Å². The Morgan fingerprint density at radius 1 is 0.312 bits per heavy atom. The maximum Gasteiger partial charge on any atom is 0.264 e. The molecule has 2 heterocycles. The number of nitrogens with one attached hydrogen (secondary N) is 6. The Morgan fingerprint density at radius 2 is 0.521 bits per heavy atom. The van der Waals surface area contributed by atoms with Gasteiger partial charge in [-0.15, -0.1) is 0 Å². The summed E-state index contributed by atoms with van der Waals surface area (Å²) < 4.78 is 102. The SMILES string of the molecule is Cc1cc(C)nc(NS(=O)(=O)c2ccc(NC(=O)c3ccccc3SSc3ccccc3C(=O)Nc3ccc(S(=O)(=O)Nc4nc(C)cc(C)n4)cc3)cc2)n1.NS(=O)(=O)c1ccc(NC(=O)c2ccccc2SSc2ccccc2C(=O)Nc2ccc(S(N)(=O)=O)cc2)cc1. The maximum atomic E-state index is 13.4. The number of rotatable bonds is 22. The van der Waals surface area contributed by atoms with E-state index in [0.717, 1.165) is 0 Å². The van der Waals surface area contributed by atoms with Crippen molar-refractivity contribution in [3.63, 3.8) is 0 Å². The summed E-state index contributed by atoms with van der Waals surface area (Å²) in [6.45, 7) is 6.96. The van der Waals surface area contributed by atoms with E-state index < -0.39 is 63.7 Å². The zero-order valence-electron chi connectivity index (χ0n) is 50.7. The largest absolute Gasteiger partial charge is 0.322 e. The van der Waals surface area contributed by atoms with Gasteiger partial charge in [-0.05, 0) is 185 Å². The van der Waals surface area contributed by atoms with Gasteiger partial charge in [0, 0.05) is 65.1 Å². The van der Waals surface area contributed by atoms with Gasteiger partial charge in [0.2, 0.25) is 31.9 Å². The number of sulfonamides is 4. The van der Waals surface area contributed by atoms with Crippen LogP contribution in [0.15, 0.2) is 245 Å². The minimum absolute atomic E-state index is 0.0324. The van der Waals surface area contributed by atoms with Crippen molar-refractivity contribution in [2.45, 2.75) is 66.9 Å². The van der Waals surface area contributed by atoms with Crippen LogP contribution in [0.3, 0.4) is 0 Å². The number of anilines is 6. The fourth-order valence-corrected chi connectivity index (χ4v) is 16.3. The fourth-order valence-electron chi connectivity index (χ4n) is 8.67. The molecule has 32 heteroatoms. The molecule has 0 aliphatic heterocycles. The molecule has 0 aliphatic rings. The minimum Gasteiger partial charge on any atom is -0.322 e. The van der Waals surface area contributed by atoms with E-state index in [1.165, 1.54) is 140 Å². The zero-order valence-corrected chi connectivity index (χ0v) is 57.3. The summed E-state index contributed by atoms with van der Waals surface area (Å²) in [6.07, 6.45) is 0. The second-order valence-corrected chi connectivity index (χ2v) is 31.4. The summed E-state index contributed by atoms with van der Waals surface area (Å²) >= 11 is 0. The molecule has 0 aliphatic carbocycles. The molecule has 10 rings (SSSR count). The summed E-state index contributed by atoms with van der Waals surface area (Å²) in [5.74, 6) is -1.70. The molecule has 0 bridgehead atoms. The Labute approximate surface area is 569 Å². The number of primary sulfonamides is 2. The number of hydrogen-bond acceptors (Lipinski definition) is 20.